The Morgan fingerprint density at radius 2 is 1.75 bits per heavy atom. The average Bonchev–Trinajstić information content (AvgIpc) is 2.64. The topological polar surface area (TPSA) is 86.0 Å². The predicted octanol–water partition coefficient (Wildman–Crippen LogP) is 2.21. The maximum atomic E-state index is 13.0. The van der Waals surface area contributed by atoms with Crippen molar-refractivity contribution >= 4 is 22.6 Å². The van der Waals surface area contributed by atoms with Crippen molar-refractivity contribution in [3.63, 3.8) is 0 Å². The van der Waals surface area contributed by atoms with E-state index in [1.54, 1.807) is 0 Å². The van der Waals surface area contributed by atoms with Gasteiger partial charge in [0.15, 0.2) is 0 Å². The first kappa shape index (κ1) is 19.3. The summed E-state index contributed by atoms with van der Waals surface area (Å²) in [6, 6.07) is 6.03. The molecule has 1 aromatic carbocycles. The van der Waals surface area contributed by atoms with Gasteiger partial charge >= 0.3 is 11.9 Å². The molecule has 2 heterocycles. The first-order valence-electron chi connectivity index (χ1n) is 8.06. The lowest BCUT2D eigenvalue weighted by molar-refractivity contribution is -0.138. The minimum absolute atomic E-state index is 0.000590. The number of nitrogens with zero attached hydrogens (tertiary/aromatic N) is 3. The number of aromatic nitrogens is 3. The van der Waals surface area contributed by atoms with E-state index < -0.39 is 28.9 Å². The summed E-state index contributed by atoms with van der Waals surface area (Å²) < 4.78 is 41.1. The third-order valence-electron chi connectivity index (χ3n) is 4.34. The summed E-state index contributed by atoms with van der Waals surface area (Å²) in [4.78, 5) is 40.6. The molecule has 1 N–H and O–H groups in total. The van der Waals surface area contributed by atoms with Crippen molar-refractivity contribution < 1.29 is 18.0 Å². The second kappa shape index (κ2) is 6.63. The molecule has 0 aliphatic rings. The maximum Gasteiger partial charge on any atom is 0.416 e. The number of hydrogen-bond donors (Lipinski definition) is 1. The molecule has 146 valence electrons. The number of pyridine rings is 1. The number of anilines is 1. The summed E-state index contributed by atoms with van der Waals surface area (Å²) in [7, 11) is 2.72. The number of alkyl halides is 3. The number of carbonyl (C=O) groups excluding carboxylic acids is 1. The normalized spacial score (nSPS) is 11.6. The zero-order valence-corrected chi connectivity index (χ0v) is 15.1. The Hall–Kier alpha value is -3.43. The molecule has 0 bridgehead atoms. The molecule has 0 saturated heterocycles. The molecule has 0 radical (unpaired) electrons. The van der Waals surface area contributed by atoms with E-state index >= 15 is 0 Å². The molecule has 0 spiro atoms. The van der Waals surface area contributed by atoms with Crippen molar-refractivity contribution in [1.82, 2.24) is 14.1 Å². The summed E-state index contributed by atoms with van der Waals surface area (Å²) in [6.45, 7) is 1.32. The second-order valence-corrected chi connectivity index (χ2v) is 6.26. The molecule has 0 atom stereocenters. The van der Waals surface area contributed by atoms with E-state index in [4.69, 9.17) is 0 Å². The highest BCUT2D eigenvalue weighted by Crippen LogP contribution is 2.33. The molecule has 0 saturated carbocycles. The van der Waals surface area contributed by atoms with Gasteiger partial charge in [-0.3, -0.25) is 18.7 Å². The SMILES string of the molecule is Cc1ccc(NC(=O)c2ccc3c(=O)n(C)c(=O)n(C)c3n2)cc1C(F)(F)F. The second-order valence-electron chi connectivity index (χ2n) is 6.26. The minimum atomic E-state index is -4.55. The van der Waals surface area contributed by atoms with Crippen LogP contribution in [-0.4, -0.2) is 20.0 Å². The molecule has 7 nitrogen and oxygen atoms in total. The van der Waals surface area contributed by atoms with E-state index in [9.17, 15) is 27.6 Å². The van der Waals surface area contributed by atoms with Crippen LogP contribution in [-0.2, 0) is 20.3 Å². The summed E-state index contributed by atoms with van der Waals surface area (Å²) in [5.74, 6) is -0.771. The van der Waals surface area contributed by atoms with Crippen molar-refractivity contribution in [2.75, 3.05) is 5.32 Å². The third kappa shape index (κ3) is 3.28. The number of carbonyl (C=O) groups is 1. The third-order valence-corrected chi connectivity index (χ3v) is 4.34. The van der Waals surface area contributed by atoms with Crippen LogP contribution < -0.4 is 16.6 Å². The summed E-state index contributed by atoms with van der Waals surface area (Å²) in [5, 5.41) is 2.49. The number of halogens is 3. The Labute approximate surface area is 156 Å². The molecule has 0 unspecified atom stereocenters. The van der Waals surface area contributed by atoms with Gasteiger partial charge in [0.25, 0.3) is 11.5 Å². The van der Waals surface area contributed by atoms with Crippen LogP contribution in [0.15, 0.2) is 39.9 Å². The Balaban J connectivity index is 2.01. The van der Waals surface area contributed by atoms with Crippen molar-refractivity contribution in [2.24, 2.45) is 14.1 Å². The van der Waals surface area contributed by atoms with Crippen LogP contribution in [0, 0.1) is 6.92 Å². The number of rotatable bonds is 2. The van der Waals surface area contributed by atoms with Crippen LogP contribution in [0.1, 0.15) is 21.6 Å². The first-order valence-corrected chi connectivity index (χ1v) is 8.06. The van der Waals surface area contributed by atoms with Gasteiger partial charge in [-0.25, -0.2) is 9.78 Å². The van der Waals surface area contributed by atoms with Crippen LogP contribution >= 0.6 is 0 Å². The summed E-state index contributed by atoms with van der Waals surface area (Å²) in [5.41, 5.74) is -2.21. The summed E-state index contributed by atoms with van der Waals surface area (Å²) in [6.07, 6.45) is -4.55. The van der Waals surface area contributed by atoms with Gasteiger partial charge in [0.2, 0.25) is 0 Å². The van der Waals surface area contributed by atoms with Crippen molar-refractivity contribution in [2.45, 2.75) is 13.1 Å². The zero-order chi connectivity index (χ0) is 20.8. The van der Waals surface area contributed by atoms with E-state index in [-0.39, 0.29) is 28.0 Å². The number of nitrogens with one attached hydrogen (secondary N) is 1. The standard InChI is InChI=1S/C18H15F3N4O3/c1-9-4-5-10(8-12(9)18(19,20)21)22-15(26)13-7-6-11-14(23-13)24(2)17(28)25(3)16(11)27/h4-8H,1-3H3,(H,22,26). The molecule has 10 heteroatoms. The Morgan fingerprint density at radius 1 is 1.07 bits per heavy atom. The van der Waals surface area contributed by atoms with Gasteiger partial charge in [0, 0.05) is 19.8 Å². The zero-order valence-electron chi connectivity index (χ0n) is 15.1. The first-order chi connectivity index (χ1) is 13.0. The van der Waals surface area contributed by atoms with Crippen LogP contribution in [0.25, 0.3) is 11.0 Å². The molecule has 3 rings (SSSR count). The molecule has 1 amide bonds. The molecule has 0 aliphatic heterocycles. The molecule has 28 heavy (non-hydrogen) atoms. The van der Waals surface area contributed by atoms with Gasteiger partial charge in [-0.15, -0.1) is 0 Å². The van der Waals surface area contributed by atoms with Crippen molar-refractivity contribution in [1.29, 1.82) is 0 Å². The van der Waals surface area contributed by atoms with Crippen LogP contribution in [0.4, 0.5) is 18.9 Å². The fraction of sp³-hybridized carbons (Fsp3) is 0.222. The van der Waals surface area contributed by atoms with Crippen molar-refractivity contribution in [3.05, 3.63) is 68.0 Å². The molecular weight excluding hydrogens is 377 g/mol. The van der Waals surface area contributed by atoms with Gasteiger partial charge in [0.1, 0.15) is 11.3 Å². The number of fused-ring (bicyclic) bond motifs is 1. The highest BCUT2D eigenvalue weighted by atomic mass is 19.4. The maximum absolute atomic E-state index is 13.0. The summed E-state index contributed by atoms with van der Waals surface area (Å²) >= 11 is 0. The van der Waals surface area contributed by atoms with Crippen molar-refractivity contribution in [3.8, 4) is 0 Å². The van der Waals surface area contributed by atoms with Crippen LogP contribution in [0.3, 0.4) is 0 Å². The van der Waals surface area contributed by atoms with Gasteiger partial charge in [0.05, 0.1) is 10.9 Å². The quantitative estimate of drug-likeness (QED) is 0.725. The molecule has 2 aromatic heterocycles. The monoisotopic (exact) mass is 392 g/mol. The van der Waals surface area contributed by atoms with Gasteiger partial charge in [-0.2, -0.15) is 13.2 Å². The van der Waals surface area contributed by atoms with E-state index in [1.807, 2.05) is 0 Å². The molecule has 0 aliphatic carbocycles. The smallest absolute Gasteiger partial charge is 0.321 e. The number of amides is 1. The van der Waals surface area contributed by atoms with Gasteiger partial charge in [-0.1, -0.05) is 6.07 Å². The van der Waals surface area contributed by atoms with E-state index in [0.29, 0.717) is 0 Å². The fourth-order valence-electron chi connectivity index (χ4n) is 2.78. The minimum Gasteiger partial charge on any atom is -0.321 e. The lowest BCUT2D eigenvalue weighted by Gasteiger charge is -2.13. The average molecular weight is 392 g/mol. The predicted molar refractivity (Wildman–Crippen MR) is 96.4 cm³/mol. The van der Waals surface area contributed by atoms with E-state index in [2.05, 4.69) is 10.3 Å². The van der Waals surface area contributed by atoms with E-state index in [1.165, 1.54) is 45.3 Å². The van der Waals surface area contributed by atoms with Crippen LogP contribution in [0.2, 0.25) is 0 Å². The van der Waals surface area contributed by atoms with E-state index in [0.717, 1.165) is 15.2 Å². The highest BCUT2D eigenvalue weighted by Gasteiger charge is 2.32. The highest BCUT2D eigenvalue weighted by molar-refractivity contribution is 6.03. The number of benzene rings is 1. The molecule has 0 fully saturated rings. The Kier molecular flexibility index (Phi) is 4.58. The molecule has 3 aromatic rings. The lowest BCUT2D eigenvalue weighted by Crippen LogP contribution is -2.37. The van der Waals surface area contributed by atoms with Gasteiger partial charge < -0.3 is 5.32 Å². The lowest BCUT2D eigenvalue weighted by atomic mass is 10.1. The number of hydrogen-bond acceptors (Lipinski definition) is 4. The Bertz CT molecular complexity index is 1230. The van der Waals surface area contributed by atoms with Crippen LogP contribution in [0.5, 0.6) is 0 Å². The largest absolute Gasteiger partial charge is 0.416 e. The van der Waals surface area contributed by atoms with Gasteiger partial charge in [-0.05, 0) is 36.8 Å². The number of aryl methyl sites for hydroxylation is 2. The molecular formula is C18H15F3N4O3. The fourth-order valence-corrected chi connectivity index (χ4v) is 2.78. The Morgan fingerprint density at radius 3 is 2.39 bits per heavy atom.